The average Bonchev–Trinajstić information content (AvgIpc) is 3.33. The third-order valence-corrected chi connectivity index (χ3v) is 5.04. The van der Waals surface area contributed by atoms with E-state index in [-0.39, 0.29) is 18.8 Å². The van der Waals surface area contributed by atoms with Crippen molar-refractivity contribution < 1.29 is 18.7 Å². The molecule has 1 fully saturated rings. The number of hydrogen-bond acceptors (Lipinski definition) is 7. The Morgan fingerprint density at radius 3 is 2.86 bits per heavy atom. The third-order valence-electron chi connectivity index (χ3n) is 4.67. The molecule has 3 heterocycles. The molecular weight excluding hydrogens is 381 g/mol. The SMILES string of the molecule is O=[P+](O)OC[C@@H]1CC[C@H](Cn2cnc3c(NCc4ccccc4)ncnc32)O1. The molecule has 0 radical (unpaired) electrons. The van der Waals surface area contributed by atoms with Crippen molar-refractivity contribution in [3.8, 4) is 0 Å². The highest BCUT2D eigenvalue weighted by Gasteiger charge is 2.29. The number of hydrogen-bond donors (Lipinski definition) is 2. The monoisotopic (exact) mass is 402 g/mol. The summed E-state index contributed by atoms with van der Waals surface area (Å²) in [5, 5.41) is 3.32. The van der Waals surface area contributed by atoms with Gasteiger partial charge in [-0.25, -0.2) is 15.0 Å². The molecule has 0 saturated carbocycles. The maximum atomic E-state index is 10.7. The quantitative estimate of drug-likeness (QED) is 0.553. The summed E-state index contributed by atoms with van der Waals surface area (Å²) in [5.74, 6) is 0.693. The van der Waals surface area contributed by atoms with E-state index in [2.05, 4.69) is 32.4 Å². The summed E-state index contributed by atoms with van der Waals surface area (Å²) < 4.78 is 23.3. The van der Waals surface area contributed by atoms with Crippen molar-refractivity contribution in [3.05, 3.63) is 48.5 Å². The lowest BCUT2D eigenvalue weighted by Gasteiger charge is -2.13. The highest BCUT2D eigenvalue weighted by molar-refractivity contribution is 7.32. The van der Waals surface area contributed by atoms with Crippen molar-refractivity contribution >= 4 is 25.2 Å². The van der Waals surface area contributed by atoms with Gasteiger partial charge in [0.1, 0.15) is 18.5 Å². The summed E-state index contributed by atoms with van der Waals surface area (Å²) >= 11 is 0. The van der Waals surface area contributed by atoms with Gasteiger partial charge in [0.15, 0.2) is 11.5 Å². The fourth-order valence-electron chi connectivity index (χ4n) is 3.33. The van der Waals surface area contributed by atoms with Crippen molar-refractivity contribution in [2.45, 2.75) is 38.1 Å². The number of anilines is 1. The molecule has 1 saturated heterocycles. The number of rotatable bonds is 8. The van der Waals surface area contributed by atoms with Gasteiger partial charge in [-0.15, -0.1) is 9.42 Å². The smallest absolute Gasteiger partial charge is 0.371 e. The van der Waals surface area contributed by atoms with Crippen LogP contribution in [0.1, 0.15) is 18.4 Å². The topological polar surface area (TPSA) is 111 Å². The lowest BCUT2D eigenvalue weighted by atomic mass is 10.2. The number of aromatic nitrogens is 4. The van der Waals surface area contributed by atoms with Crippen LogP contribution in [0.5, 0.6) is 0 Å². The molecule has 10 heteroatoms. The fraction of sp³-hybridized carbons (Fsp3) is 0.389. The molecule has 3 aromatic rings. The van der Waals surface area contributed by atoms with E-state index in [9.17, 15) is 4.57 Å². The van der Waals surface area contributed by atoms with Crippen molar-refractivity contribution in [1.29, 1.82) is 0 Å². The Balaban J connectivity index is 1.41. The maximum Gasteiger partial charge on any atom is 0.694 e. The minimum Gasteiger partial charge on any atom is -0.371 e. The first-order valence-corrected chi connectivity index (χ1v) is 10.2. The Bertz CT molecular complexity index is 952. The van der Waals surface area contributed by atoms with Gasteiger partial charge in [0.2, 0.25) is 0 Å². The van der Waals surface area contributed by atoms with Crippen LogP contribution < -0.4 is 5.32 Å². The second-order valence-corrected chi connectivity index (χ2v) is 7.36. The zero-order valence-electron chi connectivity index (χ0n) is 15.1. The van der Waals surface area contributed by atoms with Crippen LogP contribution in [0.25, 0.3) is 11.2 Å². The van der Waals surface area contributed by atoms with Crippen molar-refractivity contribution in [2.24, 2.45) is 0 Å². The van der Waals surface area contributed by atoms with E-state index in [0.717, 1.165) is 24.1 Å². The Hall–Kier alpha value is -2.45. The zero-order chi connectivity index (χ0) is 19.3. The van der Waals surface area contributed by atoms with E-state index < -0.39 is 8.25 Å². The van der Waals surface area contributed by atoms with E-state index in [1.807, 2.05) is 22.8 Å². The lowest BCUT2D eigenvalue weighted by molar-refractivity contribution is 0.0106. The first-order valence-electron chi connectivity index (χ1n) is 9.07. The Morgan fingerprint density at radius 1 is 1.21 bits per heavy atom. The van der Waals surface area contributed by atoms with Crippen LogP contribution in [0.2, 0.25) is 0 Å². The molecule has 2 aromatic heterocycles. The summed E-state index contributed by atoms with van der Waals surface area (Å²) in [6, 6.07) is 10.1. The van der Waals surface area contributed by atoms with E-state index in [1.54, 1.807) is 6.33 Å². The Kier molecular flexibility index (Phi) is 5.87. The third kappa shape index (κ3) is 4.51. The molecule has 0 spiro atoms. The molecule has 1 unspecified atom stereocenters. The molecule has 0 amide bonds. The van der Waals surface area contributed by atoms with Gasteiger partial charge in [0.05, 0.1) is 25.1 Å². The van der Waals surface area contributed by atoms with Crippen LogP contribution in [0.15, 0.2) is 43.0 Å². The van der Waals surface area contributed by atoms with Crippen LogP contribution >= 0.6 is 8.25 Å². The summed E-state index contributed by atoms with van der Waals surface area (Å²) in [5.41, 5.74) is 2.62. The number of imidazole rings is 1. The first-order chi connectivity index (χ1) is 13.7. The van der Waals surface area contributed by atoms with Crippen LogP contribution in [-0.4, -0.2) is 43.2 Å². The van der Waals surface area contributed by atoms with Gasteiger partial charge in [0.25, 0.3) is 0 Å². The van der Waals surface area contributed by atoms with Gasteiger partial charge in [-0.1, -0.05) is 30.3 Å². The van der Waals surface area contributed by atoms with Crippen molar-refractivity contribution in [1.82, 2.24) is 19.5 Å². The molecule has 9 nitrogen and oxygen atoms in total. The highest BCUT2D eigenvalue weighted by atomic mass is 31.1. The number of benzene rings is 1. The van der Waals surface area contributed by atoms with Gasteiger partial charge in [-0.3, -0.25) is 0 Å². The van der Waals surface area contributed by atoms with Gasteiger partial charge < -0.3 is 14.6 Å². The first kappa shape index (κ1) is 18.9. The van der Waals surface area contributed by atoms with Gasteiger partial charge in [0, 0.05) is 11.1 Å². The predicted octanol–water partition coefficient (Wildman–Crippen LogP) is 2.65. The molecule has 1 aliphatic heterocycles. The molecule has 28 heavy (non-hydrogen) atoms. The summed E-state index contributed by atoms with van der Waals surface area (Å²) in [7, 11) is -2.59. The lowest BCUT2D eigenvalue weighted by Crippen LogP contribution is -2.19. The molecular formula is C18H21N5O4P+. The predicted molar refractivity (Wildman–Crippen MR) is 103 cm³/mol. The largest absolute Gasteiger partial charge is 0.694 e. The Morgan fingerprint density at radius 2 is 2.04 bits per heavy atom. The van der Waals surface area contributed by atoms with Gasteiger partial charge >= 0.3 is 8.25 Å². The number of fused-ring (bicyclic) bond motifs is 1. The summed E-state index contributed by atoms with van der Waals surface area (Å²) in [4.78, 5) is 21.9. The Labute approximate surface area is 162 Å². The van der Waals surface area contributed by atoms with E-state index >= 15 is 0 Å². The normalized spacial score (nSPS) is 19.8. The molecule has 0 aliphatic carbocycles. The van der Waals surface area contributed by atoms with Gasteiger partial charge in [-0.05, 0) is 18.4 Å². The molecule has 3 atom stereocenters. The standard InChI is InChI=1S/C18H20N5O4P/c24-28(25)26-10-15-7-6-14(27-15)9-23-12-22-16-17(20-11-21-18(16)23)19-8-13-4-2-1-3-5-13/h1-5,11-12,14-15H,6-10H2,(H-,19,20,21,24,25)/p+1/t14-,15+/m1/s1. The number of nitrogens with one attached hydrogen (secondary N) is 1. The molecule has 0 bridgehead atoms. The summed E-state index contributed by atoms with van der Waals surface area (Å²) in [6.45, 7) is 1.39. The second kappa shape index (κ2) is 8.70. The number of ether oxygens (including phenoxy) is 1. The van der Waals surface area contributed by atoms with Crippen molar-refractivity contribution in [3.63, 3.8) is 0 Å². The molecule has 1 aromatic carbocycles. The maximum absolute atomic E-state index is 10.7. The molecule has 1 aliphatic rings. The van der Waals surface area contributed by atoms with E-state index in [1.165, 1.54) is 6.33 Å². The van der Waals surface area contributed by atoms with Crippen LogP contribution in [0.4, 0.5) is 5.82 Å². The summed E-state index contributed by atoms with van der Waals surface area (Å²) in [6.07, 6.45) is 4.73. The minimum atomic E-state index is -2.59. The van der Waals surface area contributed by atoms with Crippen LogP contribution in [0, 0.1) is 0 Å². The van der Waals surface area contributed by atoms with Gasteiger partial charge in [-0.2, -0.15) is 0 Å². The minimum absolute atomic E-state index is 0.0155. The van der Waals surface area contributed by atoms with Crippen LogP contribution in [-0.2, 0) is 26.9 Å². The number of nitrogens with zero attached hydrogens (tertiary/aromatic N) is 4. The van der Waals surface area contributed by atoms with E-state index in [0.29, 0.717) is 24.4 Å². The highest BCUT2D eigenvalue weighted by Crippen LogP contribution is 2.26. The van der Waals surface area contributed by atoms with E-state index in [4.69, 9.17) is 14.2 Å². The van der Waals surface area contributed by atoms with Crippen LogP contribution in [0.3, 0.4) is 0 Å². The molecule has 4 rings (SSSR count). The molecule has 2 N–H and O–H groups in total. The molecule has 146 valence electrons. The zero-order valence-corrected chi connectivity index (χ0v) is 16.0. The average molecular weight is 402 g/mol. The fourth-order valence-corrected chi connectivity index (χ4v) is 3.62. The van der Waals surface area contributed by atoms with Crippen molar-refractivity contribution in [2.75, 3.05) is 11.9 Å². The second-order valence-electron chi connectivity index (χ2n) is 6.62.